The zero-order valence-electron chi connectivity index (χ0n) is 10.3. The highest BCUT2D eigenvalue weighted by molar-refractivity contribution is 7.16. The van der Waals surface area contributed by atoms with Crippen LogP contribution in [0.5, 0.6) is 0 Å². The normalized spacial score (nSPS) is 10.2. The average molecular weight is 279 g/mol. The minimum absolute atomic E-state index is 0.222. The lowest BCUT2D eigenvalue weighted by Crippen LogP contribution is -2.11. The summed E-state index contributed by atoms with van der Waals surface area (Å²) < 4.78 is 0. The first-order chi connectivity index (χ1) is 9.78. The third-order valence-corrected chi connectivity index (χ3v) is 3.69. The molecule has 0 atom stereocenters. The van der Waals surface area contributed by atoms with E-state index in [0.29, 0.717) is 15.6 Å². The van der Waals surface area contributed by atoms with Gasteiger partial charge in [0.15, 0.2) is 5.13 Å². The molecule has 1 heterocycles. The van der Waals surface area contributed by atoms with Gasteiger partial charge in [-0.15, -0.1) is 0 Å². The molecule has 0 radical (unpaired) electrons. The van der Waals surface area contributed by atoms with Crippen molar-refractivity contribution < 1.29 is 4.79 Å². The summed E-state index contributed by atoms with van der Waals surface area (Å²) in [6.45, 7) is 0. The van der Waals surface area contributed by atoms with Crippen LogP contribution in [0.1, 0.15) is 15.2 Å². The molecule has 5 heteroatoms. The molecule has 0 saturated carbocycles. The fraction of sp³-hybridized carbons (Fsp3) is 0. The van der Waals surface area contributed by atoms with E-state index in [1.165, 1.54) is 6.20 Å². The first-order valence-corrected chi connectivity index (χ1v) is 6.74. The number of rotatable bonds is 2. The molecule has 0 spiro atoms. The second kappa shape index (κ2) is 5.11. The summed E-state index contributed by atoms with van der Waals surface area (Å²) in [4.78, 5) is 16.8. The molecule has 0 aliphatic carbocycles. The van der Waals surface area contributed by atoms with Crippen LogP contribution in [0, 0.1) is 11.3 Å². The van der Waals surface area contributed by atoms with Gasteiger partial charge in [0.2, 0.25) is 0 Å². The monoisotopic (exact) mass is 279 g/mol. The third-order valence-electron chi connectivity index (χ3n) is 2.87. The molecule has 20 heavy (non-hydrogen) atoms. The third kappa shape index (κ3) is 2.25. The zero-order chi connectivity index (χ0) is 13.9. The van der Waals surface area contributed by atoms with Crippen molar-refractivity contribution in [3.05, 3.63) is 59.1 Å². The van der Waals surface area contributed by atoms with E-state index in [-0.39, 0.29) is 5.91 Å². The molecule has 0 fully saturated rings. The van der Waals surface area contributed by atoms with Gasteiger partial charge in [-0.05, 0) is 16.8 Å². The summed E-state index contributed by atoms with van der Waals surface area (Å²) in [5.41, 5.74) is 0.594. The zero-order valence-corrected chi connectivity index (χ0v) is 11.1. The molecular weight excluding hydrogens is 270 g/mol. The van der Waals surface area contributed by atoms with E-state index in [9.17, 15) is 4.79 Å². The second-order valence-corrected chi connectivity index (χ2v) is 5.15. The van der Waals surface area contributed by atoms with E-state index in [0.717, 1.165) is 22.1 Å². The van der Waals surface area contributed by atoms with Crippen LogP contribution >= 0.6 is 11.3 Å². The van der Waals surface area contributed by atoms with Crippen LogP contribution in [0.2, 0.25) is 0 Å². The van der Waals surface area contributed by atoms with Crippen LogP contribution in [0.3, 0.4) is 0 Å². The van der Waals surface area contributed by atoms with Gasteiger partial charge in [0.1, 0.15) is 10.9 Å². The summed E-state index contributed by atoms with van der Waals surface area (Å²) >= 11 is 1.16. The number of anilines is 1. The molecule has 0 aliphatic rings. The van der Waals surface area contributed by atoms with Gasteiger partial charge in [-0.25, -0.2) is 4.98 Å². The number of carbonyl (C=O) groups excluding carboxylic acids is 1. The van der Waals surface area contributed by atoms with Crippen molar-refractivity contribution in [1.29, 1.82) is 5.26 Å². The van der Waals surface area contributed by atoms with E-state index in [4.69, 9.17) is 5.26 Å². The van der Waals surface area contributed by atoms with E-state index >= 15 is 0 Å². The largest absolute Gasteiger partial charge is 0.298 e. The number of nitrogens with zero attached hydrogens (tertiary/aromatic N) is 2. The molecule has 1 aromatic heterocycles. The molecular formula is C15H9N3OS. The fourth-order valence-electron chi connectivity index (χ4n) is 1.97. The molecule has 0 bridgehead atoms. The average Bonchev–Trinajstić information content (AvgIpc) is 2.94. The summed E-state index contributed by atoms with van der Waals surface area (Å²) in [6, 6.07) is 15.3. The maximum Gasteiger partial charge on any atom is 0.258 e. The highest BCUT2D eigenvalue weighted by Gasteiger charge is 2.11. The van der Waals surface area contributed by atoms with Crippen molar-refractivity contribution in [2.24, 2.45) is 0 Å². The number of thiazole rings is 1. The van der Waals surface area contributed by atoms with Crippen LogP contribution in [0.4, 0.5) is 5.13 Å². The van der Waals surface area contributed by atoms with E-state index in [2.05, 4.69) is 10.3 Å². The molecule has 3 aromatic rings. The van der Waals surface area contributed by atoms with Crippen molar-refractivity contribution in [3.63, 3.8) is 0 Å². The van der Waals surface area contributed by atoms with Gasteiger partial charge in [-0.2, -0.15) is 5.26 Å². The molecule has 0 unspecified atom stereocenters. The molecule has 2 aromatic carbocycles. The summed E-state index contributed by atoms with van der Waals surface area (Å²) in [5, 5.41) is 13.8. The number of carbonyl (C=O) groups is 1. The number of nitrogens with one attached hydrogen (secondary N) is 1. The lowest BCUT2D eigenvalue weighted by atomic mass is 10.0. The molecule has 0 saturated heterocycles. The maximum absolute atomic E-state index is 12.3. The van der Waals surface area contributed by atoms with Gasteiger partial charge in [0, 0.05) is 5.56 Å². The Morgan fingerprint density at radius 3 is 2.80 bits per heavy atom. The molecule has 3 rings (SSSR count). The molecule has 1 amide bonds. The summed E-state index contributed by atoms with van der Waals surface area (Å²) in [6.07, 6.45) is 1.45. The lowest BCUT2D eigenvalue weighted by Gasteiger charge is -2.05. The first-order valence-electron chi connectivity index (χ1n) is 5.93. The fourth-order valence-corrected chi connectivity index (χ4v) is 2.58. The van der Waals surface area contributed by atoms with Gasteiger partial charge in [-0.3, -0.25) is 10.1 Å². The smallest absolute Gasteiger partial charge is 0.258 e. The minimum Gasteiger partial charge on any atom is -0.298 e. The Morgan fingerprint density at radius 2 is 2.00 bits per heavy atom. The second-order valence-electron chi connectivity index (χ2n) is 4.12. The van der Waals surface area contributed by atoms with Crippen molar-refractivity contribution in [2.45, 2.75) is 0 Å². The van der Waals surface area contributed by atoms with Gasteiger partial charge < -0.3 is 0 Å². The number of aromatic nitrogens is 1. The SMILES string of the molecule is N#Cc1cnc(NC(=O)c2cccc3ccccc23)s1. The van der Waals surface area contributed by atoms with Gasteiger partial charge >= 0.3 is 0 Å². The Bertz CT molecular complexity index is 827. The van der Waals surface area contributed by atoms with Crippen LogP contribution < -0.4 is 5.32 Å². The predicted molar refractivity (Wildman–Crippen MR) is 78.7 cm³/mol. The van der Waals surface area contributed by atoms with E-state index < -0.39 is 0 Å². The Labute approximate surface area is 119 Å². The minimum atomic E-state index is -0.222. The Morgan fingerprint density at radius 1 is 1.20 bits per heavy atom. The van der Waals surface area contributed by atoms with Crippen molar-refractivity contribution in [1.82, 2.24) is 4.98 Å². The van der Waals surface area contributed by atoms with Gasteiger partial charge in [-0.1, -0.05) is 47.7 Å². The molecule has 1 N–H and O–H groups in total. The van der Waals surface area contributed by atoms with Gasteiger partial charge in [0.25, 0.3) is 5.91 Å². The number of hydrogen-bond acceptors (Lipinski definition) is 4. The molecule has 96 valence electrons. The summed E-state index contributed by atoms with van der Waals surface area (Å²) in [5.74, 6) is -0.222. The highest BCUT2D eigenvalue weighted by atomic mass is 32.1. The van der Waals surface area contributed by atoms with Crippen LogP contribution in [-0.4, -0.2) is 10.9 Å². The lowest BCUT2D eigenvalue weighted by molar-refractivity contribution is 0.102. The molecule has 0 aliphatic heterocycles. The number of hydrogen-bond donors (Lipinski definition) is 1. The van der Waals surface area contributed by atoms with E-state index in [1.807, 2.05) is 42.5 Å². The number of benzene rings is 2. The van der Waals surface area contributed by atoms with Crippen LogP contribution in [0.15, 0.2) is 48.7 Å². The number of amides is 1. The van der Waals surface area contributed by atoms with Crippen LogP contribution in [-0.2, 0) is 0 Å². The van der Waals surface area contributed by atoms with Crippen LogP contribution in [0.25, 0.3) is 10.8 Å². The number of nitriles is 1. The Hall–Kier alpha value is -2.71. The quantitative estimate of drug-likeness (QED) is 0.781. The van der Waals surface area contributed by atoms with Gasteiger partial charge in [0.05, 0.1) is 6.20 Å². The summed E-state index contributed by atoms with van der Waals surface area (Å²) in [7, 11) is 0. The van der Waals surface area contributed by atoms with Crippen molar-refractivity contribution in [3.8, 4) is 6.07 Å². The standard InChI is InChI=1S/C15H9N3OS/c16-8-11-9-17-15(20-11)18-14(19)13-7-3-5-10-4-1-2-6-12(10)13/h1-7,9H,(H,17,18,19). The highest BCUT2D eigenvalue weighted by Crippen LogP contribution is 2.21. The topological polar surface area (TPSA) is 65.8 Å². The first kappa shape index (κ1) is 12.3. The molecule has 4 nitrogen and oxygen atoms in total. The van der Waals surface area contributed by atoms with E-state index in [1.54, 1.807) is 6.07 Å². The maximum atomic E-state index is 12.3. The Balaban J connectivity index is 1.95. The number of fused-ring (bicyclic) bond motifs is 1. The Kier molecular flexibility index (Phi) is 3.15. The predicted octanol–water partition coefficient (Wildman–Crippen LogP) is 3.42. The van der Waals surface area contributed by atoms with Crippen molar-refractivity contribution >= 4 is 33.1 Å². The van der Waals surface area contributed by atoms with Crippen molar-refractivity contribution in [2.75, 3.05) is 5.32 Å².